The molecular weight excluding hydrogens is 328 g/mol. The molecule has 0 bridgehead atoms. The predicted molar refractivity (Wildman–Crippen MR) is 88.4 cm³/mol. The SMILES string of the molecule is CC(C)Oc1cccc(CNc2ccc(Br)cc2C#N)c1. The lowest BCUT2D eigenvalue weighted by molar-refractivity contribution is 0.242. The van der Waals surface area contributed by atoms with Crippen molar-refractivity contribution in [1.82, 2.24) is 0 Å². The van der Waals surface area contributed by atoms with Crippen LogP contribution in [0, 0.1) is 11.3 Å². The first-order valence-electron chi connectivity index (χ1n) is 6.77. The van der Waals surface area contributed by atoms with Crippen LogP contribution in [-0.2, 0) is 6.54 Å². The minimum Gasteiger partial charge on any atom is -0.491 e. The maximum Gasteiger partial charge on any atom is 0.120 e. The third-order valence-corrected chi connectivity index (χ3v) is 3.35. The first kappa shape index (κ1) is 15.4. The van der Waals surface area contributed by atoms with Gasteiger partial charge in [-0.15, -0.1) is 0 Å². The third-order valence-electron chi connectivity index (χ3n) is 2.86. The molecule has 0 saturated heterocycles. The van der Waals surface area contributed by atoms with E-state index in [1.165, 1.54) is 0 Å². The zero-order chi connectivity index (χ0) is 15.2. The number of nitriles is 1. The lowest BCUT2D eigenvalue weighted by Crippen LogP contribution is -2.06. The number of hydrogen-bond donors (Lipinski definition) is 1. The average Bonchev–Trinajstić information content (AvgIpc) is 2.45. The molecule has 0 atom stereocenters. The van der Waals surface area contributed by atoms with Gasteiger partial charge in [-0.3, -0.25) is 0 Å². The van der Waals surface area contributed by atoms with E-state index in [-0.39, 0.29) is 6.10 Å². The van der Waals surface area contributed by atoms with Crippen LogP contribution in [0.2, 0.25) is 0 Å². The normalized spacial score (nSPS) is 10.2. The van der Waals surface area contributed by atoms with Gasteiger partial charge >= 0.3 is 0 Å². The Morgan fingerprint density at radius 1 is 1.24 bits per heavy atom. The molecule has 0 heterocycles. The van der Waals surface area contributed by atoms with Crippen molar-refractivity contribution >= 4 is 21.6 Å². The van der Waals surface area contributed by atoms with Crippen molar-refractivity contribution in [2.24, 2.45) is 0 Å². The summed E-state index contributed by atoms with van der Waals surface area (Å²) in [6.07, 6.45) is 0.157. The van der Waals surface area contributed by atoms with E-state index in [2.05, 4.69) is 27.3 Å². The number of anilines is 1. The van der Waals surface area contributed by atoms with Gasteiger partial charge < -0.3 is 10.1 Å². The summed E-state index contributed by atoms with van der Waals surface area (Å²) in [6.45, 7) is 4.66. The van der Waals surface area contributed by atoms with Crippen molar-refractivity contribution in [3.63, 3.8) is 0 Å². The molecule has 0 spiro atoms. The average molecular weight is 345 g/mol. The molecule has 2 aromatic carbocycles. The van der Waals surface area contributed by atoms with E-state index in [0.29, 0.717) is 12.1 Å². The number of ether oxygens (including phenoxy) is 1. The van der Waals surface area contributed by atoms with Crippen LogP contribution in [0.25, 0.3) is 0 Å². The van der Waals surface area contributed by atoms with E-state index in [0.717, 1.165) is 21.5 Å². The topological polar surface area (TPSA) is 45.0 Å². The van der Waals surface area contributed by atoms with Gasteiger partial charge in [-0.2, -0.15) is 5.26 Å². The zero-order valence-electron chi connectivity index (χ0n) is 12.1. The third kappa shape index (κ3) is 4.51. The maximum absolute atomic E-state index is 9.15. The molecule has 4 heteroatoms. The van der Waals surface area contributed by atoms with Crippen molar-refractivity contribution in [2.45, 2.75) is 26.5 Å². The number of hydrogen-bond acceptors (Lipinski definition) is 3. The lowest BCUT2D eigenvalue weighted by Gasteiger charge is -2.12. The molecule has 0 unspecified atom stereocenters. The van der Waals surface area contributed by atoms with Crippen molar-refractivity contribution in [1.29, 1.82) is 5.26 Å². The van der Waals surface area contributed by atoms with Gasteiger partial charge in [-0.05, 0) is 49.7 Å². The van der Waals surface area contributed by atoms with Gasteiger partial charge in [0.15, 0.2) is 0 Å². The van der Waals surface area contributed by atoms with Gasteiger partial charge in [-0.1, -0.05) is 28.1 Å². The monoisotopic (exact) mass is 344 g/mol. The smallest absolute Gasteiger partial charge is 0.120 e. The van der Waals surface area contributed by atoms with Crippen LogP contribution < -0.4 is 10.1 Å². The Bertz CT molecular complexity index is 662. The first-order valence-corrected chi connectivity index (χ1v) is 7.57. The Labute approximate surface area is 133 Å². The van der Waals surface area contributed by atoms with Gasteiger partial charge in [0.1, 0.15) is 11.8 Å². The second-order valence-corrected chi connectivity index (χ2v) is 5.88. The highest BCUT2D eigenvalue weighted by molar-refractivity contribution is 9.10. The van der Waals surface area contributed by atoms with E-state index >= 15 is 0 Å². The largest absolute Gasteiger partial charge is 0.491 e. The number of halogens is 1. The molecule has 0 saturated carbocycles. The summed E-state index contributed by atoms with van der Waals surface area (Å²) in [7, 11) is 0. The summed E-state index contributed by atoms with van der Waals surface area (Å²) in [5, 5.41) is 12.4. The highest BCUT2D eigenvalue weighted by Gasteiger charge is 2.04. The molecule has 21 heavy (non-hydrogen) atoms. The summed E-state index contributed by atoms with van der Waals surface area (Å²) in [5.41, 5.74) is 2.56. The molecule has 0 aliphatic rings. The molecular formula is C17H17BrN2O. The molecule has 0 fully saturated rings. The molecule has 2 aromatic rings. The predicted octanol–water partition coefficient (Wildman–Crippen LogP) is 4.72. The van der Waals surface area contributed by atoms with Crippen LogP contribution in [0.3, 0.4) is 0 Å². The number of nitrogens with one attached hydrogen (secondary N) is 1. The van der Waals surface area contributed by atoms with Crippen LogP contribution in [0.1, 0.15) is 25.0 Å². The van der Waals surface area contributed by atoms with Crippen molar-refractivity contribution in [3.8, 4) is 11.8 Å². The van der Waals surface area contributed by atoms with Gasteiger partial charge in [0.05, 0.1) is 17.4 Å². The molecule has 0 aromatic heterocycles. The maximum atomic E-state index is 9.15. The Morgan fingerprint density at radius 2 is 2.05 bits per heavy atom. The van der Waals surface area contributed by atoms with E-state index in [1.807, 2.05) is 50.2 Å². The summed E-state index contributed by atoms with van der Waals surface area (Å²) < 4.78 is 6.58. The van der Waals surface area contributed by atoms with E-state index in [1.54, 1.807) is 6.07 Å². The minimum atomic E-state index is 0.157. The van der Waals surface area contributed by atoms with Crippen LogP contribution in [-0.4, -0.2) is 6.10 Å². The summed E-state index contributed by atoms with van der Waals surface area (Å²) >= 11 is 3.37. The molecule has 108 valence electrons. The van der Waals surface area contributed by atoms with Crippen LogP contribution in [0.4, 0.5) is 5.69 Å². The molecule has 1 N–H and O–H groups in total. The molecule has 0 aliphatic carbocycles. The fourth-order valence-electron chi connectivity index (χ4n) is 1.96. The van der Waals surface area contributed by atoms with Gasteiger partial charge in [0.2, 0.25) is 0 Å². The standard InChI is InChI=1S/C17H17BrN2O/c1-12(2)21-16-5-3-4-13(8-16)11-20-17-7-6-15(18)9-14(17)10-19/h3-9,12,20H,11H2,1-2H3. The van der Waals surface area contributed by atoms with Crippen molar-refractivity contribution in [2.75, 3.05) is 5.32 Å². The summed E-state index contributed by atoms with van der Waals surface area (Å²) in [6, 6.07) is 15.8. The second kappa shape index (κ2) is 7.14. The Kier molecular flexibility index (Phi) is 5.24. The number of benzene rings is 2. The molecule has 0 aliphatic heterocycles. The Hall–Kier alpha value is -1.99. The minimum absolute atomic E-state index is 0.157. The highest BCUT2D eigenvalue weighted by atomic mass is 79.9. The van der Waals surface area contributed by atoms with Crippen LogP contribution in [0.5, 0.6) is 5.75 Å². The quantitative estimate of drug-likeness (QED) is 0.853. The van der Waals surface area contributed by atoms with Gasteiger partial charge in [-0.25, -0.2) is 0 Å². The fraction of sp³-hybridized carbons (Fsp3) is 0.235. The van der Waals surface area contributed by atoms with E-state index in [9.17, 15) is 0 Å². The van der Waals surface area contributed by atoms with Gasteiger partial charge in [0, 0.05) is 11.0 Å². The van der Waals surface area contributed by atoms with Gasteiger partial charge in [0.25, 0.3) is 0 Å². The molecule has 2 rings (SSSR count). The molecule has 0 amide bonds. The number of rotatable bonds is 5. The van der Waals surface area contributed by atoms with Crippen molar-refractivity contribution in [3.05, 3.63) is 58.1 Å². The highest BCUT2D eigenvalue weighted by Crippen LogP contribution is 2.22. The molecule has 3 nitrogen and oxygen atoms in total. The van der Waals surface area contributed by atoms with Crippen LogP contribution in [0.15, 0.2) is 46.9 Å². The van der Waals surface area contributed by atoms with E-state index in [4.69, 9.17) is 10.00 Å². The van der Waals surface area contributed by atoms with Crippen LogP contribution >= 0.6 is 15.9 Å². The fourth-order valence-corrected chi connectivity index (χ4v) is 2.32. The van der Waals surface area contributed by atoms with Crippen molar-refractivity contribution < 1.29 is 4.74 Å². The number of nitrogens with zero attached hydrogens (tertiary/aromatic N) is 1. The molecule has 0 radical (unpaired) electrons. The Morgan fingerprint density at radius 3 is 2.76 bits per heavy atom. The zero-order valence-corrected chi connectivity index (χ0v) is 13.6. The summed E-state index contributed by atoms with van der Waals surface area (Å²) in [4.78, 5) is 0. The second-order valence-electron chi connectivity index (χ2n) is 4.97. The summed E-state index contributed by atoms with van der Waals surface area (Å²) in [5.74, 6) is 0.862. The first-order chi connectivity index (χ1) is 10.1. The lowest BCUT2D eigenvalue weighted by atomic mass is 10.1. The Balaban J connectivity index is 2.08. The van der Waals surface area contributed by atoms with E-state index < -0.39 is 0 Å².